The van der Waals surface area contributed by atoms with Crippen LogP contribution in [0.3, 0.4) is 0 Å². The maximum Gasteiger partial charge on any atom is 0.328 e. The molecule has 0 radical (unpaired) electrons. The van der Waals surface area contributed by atoms with Gasteiger partial charge in [0.2, 0.25) is 11.6 Å². The second kappa shape index (κ2) is 16.9. The van der Waals surface area contributed by atoms with Gasteiger partial charge in [0, 0.05) is 54.5 Å². The quantitative estimate of drug-likeness (QED) is 0.0770. The summed E-state index contributed by atoms with van der Waals surface area (Å²) in [7, 11) is 3.38. The smallest absolute Gasteiger partial charge is 0.328 e. The van der Waals surface area contributed by atoms with E-state index in [9.17, 15) is 19.5 Å². The van der Waals surface area contributed by atoms with Gasteiger partial charge in [-0.15, -0.1) is 35.5 Å². The predicted molar refractivity (Wildman–Crippen MR) is 222 cm³/mol. The van der Waals surface area contributed by atoms with Gasteiger partial charge in [-0.05, 0) is 93.6 Å². The van der Waals surface area contributed by atoms with E-state index in [-0.39, 0.29) is 32.5 Å². The number of amides is 2. The third kappa shape index (κ3) is 9.00. The number of carbonyl (C=O) groups is 3. The number of thiocarbonyl (C=S) groups is 2. The van der Waals surface area contributed by atoms with Crippen molar-refractivity contribution in [3.05, 3.63) is 120 Å². The van der Waals surface area contributed by atoms with Crippen LogP contribution in [0, 0.1) is 0 Å². The molecule has 278 valence electrons. The molecule has 0 bridgehead atoms. The number of anilines is 4. The molecule has 0 fully saturated rings. The zero-order chi connectivity index (χ0) is 39.2. The third-order valence-electron chi connectivity index (χ3n) is 8.28. The van der Waals surface area contributed by atoms with E-state index in [2.05, 4.69) is 66.9 Å². The van der Waals surface area contributed by atoms with Crippen LogP contribution < -0.4 is 20.4 Å². The molecule has 3 N–H and O–H groups in total. The fourth-order valence-corrected chi connectivity index (χ4v) is 6.02. The number of aromatic nitrogens is 8. The Balaban J connectivity index is 1.13. The van der Waals surface area contributed by atoms with E-state index in [1.54, 1.807) is 121 Å². The molecule has 6 rings (SSSR count). The molecule has 20 heteroatoms. The van der Waals surface area contributed by atoms with Crippen LogP contribution in [0.1, 0.15) is 32.4 Å². The Morgan fingerprint density at radius 3 is 1.64 bits per heavy atom. The van der Waals surface area contributed by atoms with E-state index in [0.29, 0.717) is 45.3 Å². The number of benzene rings is 4. The summed E-state index contributed by atoms with van der Waals surface area (Å²) in [5, 5.41) is 39.0. The fraction of sp³-hybridized carbons (Fsp3) is 0.114. The fourth-order valence-electron chi connectivity index (χ4n) is 5.49. The van der Waals surface area contributed by atoms with E-state index >= 15 is 0 Å². The van der Waals surface area contributed by atoms with E-state index in [0.717, 1.165) is 0 Å². The average molecular weight is 811 g/mol. The highest BCUT2D eigenvalue weighted by molar-refractivity contribution is 8.12. The Kier molecular flexibility index (Phi) is 11.9. The first kappa shape index (κ1) is 38.6. The molecule has 55 heavy (non-hydrogen) atoms. The molecule has 6 aromatic rings. The lowest BCUT2D eigenvalue weighted by Crippen LogP contribution is -2.46. The summed E-state index contributed by atoms with van der Waals surface area (Å²) in [5.41, 5.74) is 3.86. The molecular weight excluding hydrogens is 781 g/mol. The molecule has 1 unspecified atom stereocenters. The Morgan fingerprint density at radius 1 is 0.709 bits per heavy atom. The van der Waals surface area contributed by atoms with Gasteiger partial charge >= 0.3 is 5.97 Å². The number of tetrazole rings is 2. The van der Waals surface area contributed by atoms with Crippen molar-refractivity contribution in [2.75, 3.05) is 41.1 Å². The van der Waals surface area contributed by atoms with Crippen LogP contribution in [0.2, 0.25) is 0 Å². The number of carboxylic acids is 1. The van der Waals surface area contributed by atoms with Gasteiger partial charge in [-0.1, -0.05) is 48.7 Å². The number of likely N-dealkylation sites (N-methyl/N-ethyl adjacent to an activating group) is 2. The van der Waals surface area contributed by atoms with Crippen LogP contribution in [0.4, 0.5) is 22.7 Å². The number of carboxylic acid groups (broad SMARTS) is 1. The minimum atomic E-state index is -1.08. The lowest BCUT2D eigenvalue weighted by Gasteiger charge is -2.31. The first-order chi connectivity index (χ1) is 26.4. The largest absolute Gasteiger partial charge is 0.480 e. The number of hydrogen-bond acceptors (Lipinski definition) is 13. The summed E-state index contributed by atoms with van der Waals surface area (Å²) in [6, 6.07) is 26.2. The Bertz CT molecular complexity index is 2440. The van der Waals surface area contributed by atoms with Crippen LogP contribution in [-0.4, -0.2) is 98.4 Å². The molecule has 0 aliphatic rings. The van der Waals surface area contributed by atoms with Gasteiger partial charge in [0.1, 0.15) is 14.4 Å². The highest BCUT2D eigenvalue weighted by atomic mass is 32.1. The van der Waals surface area contributed by atoms with Gasteiger partial charge < -0.3 is 25.5 Å². The molecule has 1 atom stereocenters. The maximum absolute atomic E-state index is 13.4. The molecule has 0 aliphatic carbocycles. The maximum atomic E-state index is 13.4. The minimum absolute atomic E-state index is 0.0400. The highest BCUT2D eigenvalue weighted by Gasteiger charge is 2.26. The number of aliphatic carboxylic acids is 1. The summed E-state index contributed by atoms with van der Waals surface area (Å²) < 4.78 is 3.24. The van der Waals surface area contributed by atoms with Crippen molar-refractivity contribution in [2.45, 2.75) is 6.04 Å². The Hall–Kier alpha value is -6.09. The highest BCUT2D eigenvalue weighted by Crippen LogP contribution is 2.23. The molecule has 2 aromatic heterocycles. The van der Waals surface area contributed by atoms with Crippen molar-refractivity contribution < 1.29 is 19.5 Å². The topological polar surface area (TPSA) is 189 Å². The van der Waals surface area contributed by atoms with Crippen molar-refractivity contribution >= 4 is 98.6 Å². The second-order valence-corrected chi connectivity index (χ2v) is 14.2. The van der Waals surface area contributed by atoms with Gasteiger partial charge in [0.05, 0.1) is 11.4 Å². The number of hydrogen-bond donors (Lipinski definition) is 5. The van der Waals surface area contributed by atoms with Crippen molar-refractivity contribution in [1.29, 1.82) is 0 Å². The van der Waals surface area contributed by atoms with Crippen LogP contribution in [-0.2, 0) is 4.79 Å². The molecule has 0 saturated carbocycles. The average Bonchev–Trinajstić information content (AvgIpc) is 3.89. The van der Waals surface area contributed by atoms with Crippen LogP contribution in [0.25, 0.3) is 11.4 Å². The Morgan fingerprint density at radius 2 is 1.16 bits per heavy atom. The monoisotopic (exact) mass is 810 g/mol. The molecular formula is C35H30N12O4S4. The summed E-state index contributed by atoms with van der Waals surface area (Å²) in [6.45, 7) is 0.0400. The van der Waals surface area contributed by atoms with Gasteiger partial charge in [0.25, 0.3) is 11.8 Å². The first-order valence-electron chi connectivity index (χ1n) is 16.1. The van der Waals surface area contributed by atoms with Crippen LogP contribution in [0.15, 0.2) is 97.1 Å². The summed E-state index contributed by atoms with van der Waals surface area (Å²) in [4.78, 5) is 42.6. The summed E-state index contributed by atoms with van der Waals surface area (Å²) in [5.74, 6) is -1.31. The molecule has 4 aromatic carbocycles. The number of rotatable bonds is 14. The SMILES string of the molecule is CN(CC(C(=O)O)N(C)c1cccc(C(=O)Nc2cccc(-n3nnnc3C(=S)S)c2)c1)c1cccc(C(=O)Nc2cccc(-n3nnnc3C(=S)S)c2)c1. The third-order valence-corrected chi connectivity index (χ3v) is 9.05. The van der Waals surface area contributed by atoms with Crippen molar-refractivity contribution in [1.82, 2.24) is 40.4 Å². The zero-order valence-electron chi connectivity index (χ0n) is 28.9. The Labute approximate surface area is 335 Å². The standard InChI is InChI=1S/C35H30N12O4S4/c1-44(24-11-3-7-20(15-24)31(48)36-22-9-5-13-26(17-22)46-29(34(52)53)38-40-42-46)19-28(33(50)51)45(2)25-12-4-8-21(16-25)32(49)37-23-10-6-14-27(18-23)47-30(35(54)55)39-41-43-47/h3-18,28H,19H2,1-2H3,(H,36,48)(H,37,49)(H,50,51)(H,52,53)(H,54,55). The molecule has 2 heterocycles. The van der Waals surface area contributed by atoms with E-state index in [1.807, 2.05) is 0 Å². The lowest BCUT2D eigenvalue weighted by atomic mass is 10.1. The number of nitrogens with zero attached hydrogens (tertiary/aromatic N) is 10. The van der Waals surface area contributed by atoms with Crippen LogP contribution >= 0.6 is 49.7 Å². The van der Waals surface area contributed by atoms with Crippen molar-refractivity contribution in [2.24, 2.45) is 0 Å². The van der Waals surface area contributed by atoms with Gasteiger partial charge in [-0.25, -0.2) is 4.79 Å². The zero-order valence-corrected chi connectivity index (χ0v) is 32.3. The second-order valence-electron chi connectivity index (χ2n) is 11.9. The van der Waals surface area contributed by atoms with Gasteiger partial charge in [-0.3, -0.25) is 9.59 Å². The predicted octanol–water partition coefficient (Wildman–Crippen LogP) is 4.38. The lowest BCUT2D eigenvalue weighted by molar-refractivity contribution is -0.138. The number of nitrogens with one attached hydrogen (secondary N) is 2. The van der Waals surface area contributed by atoms with Gasteiger partial charge in [0.15, 0.2) is 0 Å². The number of thiol groups is 2. The molecule has 0 saturated heterocycles. The molecule has 0 aliphatic heterocycles. The van der Waals surface area contributed by atoms with E-state index in [4.69, 9.17) is 24.4 Å². The first-order valence-corrected chi connectivity index (χ1v) is 17.8. The summed E-state index contributed by atoms with van der Waals surface area (Å²) >= 11 is 18.5. The van der Waals surface area contributed by atoms with Gasteiger partial charge in [-0.2, -0.15) is 9.36 Å². The van der Waals surface area contributed by atoms with E-state index in [1.165, 1.54) is 9.36 Å². The minimum Gasteiger partial charge on any atom is -0.480 e. The molecule has 16 nitrogen and oxygen atoms in total. The molecule has 0 spiro atoms. The van der Waals surface area contributed by atoms with Crippen molar-refractivity contribution in [3.8, 4) is 11.4 Å². The van der Waals surface area contributed by atoms with Crippen LogP contribution in [0.5, 0.6) is 0 Å². The normalized spacial score (nSPS) is 11.3. The van der Waals surface area contributed by atoms with E-state index < -0.39 is 17.9 Å². The number of carbonyl (C=O) groups excluding carboxylic acids is 2. The summed E-state index contributed by atoms with van der Waals surface area (Å²) in [6.07, 6.45) is 0. The van der Waals surface area contributed by atoms with Crippen molar-refractivity contribution in [3.63, 3.8) is 0 Å². The molecule has 2 amide bonds.